The highest BCUT2D eigenvalue weighted by atomic mass is 15.1. The summed E-state index contributed by atoms with van der Waals surface area (Å²) in [7, 11) is 0. The average molecular weight is 796 g/mol. The summed E-state index contributed by atoms with van der Waals surface area (Å²) in [5, 5.41) is 0. The first-order chi connectivity index (χ1) is 30.3. The van der Waals surface area contributed by atoms with E-state index in [2.05, 4.69) is 257 Å². The monoisotopic (exact) mass is 795 g/mol. The van der Waals surface area contributed by atoms with Crippen LogP contribution in [0.3, 0.4) is 0 Å². The molecule has 298 valence electrons. The van der Waals surface area contributed by atoms with Gasteiger partial charge in [0.2, 0.25) is 0 Å². The van der Waals surface area contributed by atoms with Gasteiger partial charge in [-0.2, -0.15) is 0 Å². The van der Waals surface area contributed by atoms with E-state index < -0.39 is 5.41 Å². The Morgan fingerprint density at radius 3 is 1.21 bits per heavy atom. The predicted molar refractivity (Wildman–Crippen MR) is 261 cm³/mol. The predicted octanol–water partition coefficient (Wildman–Crippen LogP) is 16.1. The number of anilines is 3. The Hall–Kier alpha value is -7.22. The first-order valence-corrected chi connectivity index (χ1v) is 21.9. The van der Waals surface area contributed by atoms with Gasteiger partial charge in [0.25, 0.3) is 0 Å². The average Bonchev–Trinajstić information content (AvgIpc) is 3.63. The van der Waals surface area contributed by atoms with Crippen LogP contribution in [0.1, 0.15) is 61.1 Å². The van der Waals surface area contributed by atoms with Gasteiger partial charge >= 0.3 is 0 Å². The van der Waals surface area contributed by atoms with Crippen molar-refractivity contribution in [2.45, 2.75) is 43.9 Å². The van der Waals surface area contributed by atoms with Crippen LogP contribution in [0.5, 0.6) is 0 Å². The maximum Gasteiger partial charge on any atom is 0.0713 e. The van der Waals surface area contributed by atoms with Gasteiger partial charge in [0, 0.05) is 17.1 Å². The molecular formula is C61H49N. The van der Waals surface area contributed by atoms with Crippen molar-refractivity contribution in [3.05, 3.63) is 258 Å². The van der Waals surface area contributed by atoms with Crippen molar-refractivity contribution in [1.82, 2.24) is 0 Å². The maximum atomic E-state index is 2.47. The number of hydrogen-bond acceptors (Lipinski definition) is 1. The van der Waals surface area contributed by atoms with E-state index in [9.17, 15) is 0 Å². The molecule has 11 rings (SSSR count). The Morgan fingerprint density at radius 1 is 0.274 bits per heavy atom. The molecule has 0 amide bonds. The highest BCUT2D eigenvalue weighted by Crippen LogP contribution is 2.57. The molecule has 0 radical (unpaired) electrons. The van der Waals surface area contributed by atoms with Crippen molar-refractivity contribution in [2.24, 2.45) is 0 Å². The molecule has 0 heterocycles. The molecule has 2 aliphatic rings. The molecule has 1 nitrogen and oxygen atoms in total. The number of fused-ring (bicyclic) bond motifs is 6. The summed E-state index contributed by atoms with van der Waals surface area (Å²) in [4.78, 5) is 2.45. The van der Waals surface area contributed by atoms with Crippen molar-refractivity contribution < 1.29 is 0 Å². The summed E-state index contributed by atoms with van der Waals surface area (Å²) in [6.45, 7) is 9.66. The van der Waals surface area contributed by atoms with E-state index in [0.29, 0.717) is 0 Å². The van der Waals surface area contributed by atoms with Crippen LogP contribution >= 0.6 is 0 Å². The lowest BCUT2D eigenvalue weighted by Gasteiger charge is -2.48. The van der Waals surface area contributed by atoms with Crippen molar-refractivity contribution >= 4 is 17.1 Å². The fourth-order valence-corrected chi connectivity index (χ4v) is 10.8. The van der Waals surface area contributed by atoms with Gasteiger partial charge in [-0.15, -0.1) is 0 Å². The van der Waals surface area contributed by atoms with Gasteiger partial charge in [0.15, 0.2) is 0 Å². The van der Waals surface area contributed by atoms with Crippen LogP contribution in [0, 0.1) is 0 Å². The first-order valence-electron chi connectivity index (χ1n) is 21.9. The van der Waals surface area contributed by atoms with E-state index in [1.54, 1.807) is 0 Å². The van der Waals surface area contributed by atoms with E-state index in [1.807, 2.05) is 0 Å². The molecule has 0 fully saturated rings. The molecule has 9 aromatic rings. The van der Waals surface area contributed by atoms with E-state index >= 15 is 0 Å². The van der Waals surface area contributed by atoms with E-state index in [1.165, 1.54) is 77.9 Å². The number of rotatable bonds is 7. The highest BCUT2D eigenvalue weighted by molar-refractivity contribution is 5.89. The minimum atomic E-state index is -0.458. The van der Waals surface area contributed by atoms with Crippen molar-refractivity contribution in [2.75, 3.05) is 4.90 Å². The summed E-state index contributed by atoms with van der Waals surface area (Å²) in [5.74, 6) is 0. The fourth-order valence-electron chi connectivity index (χ4n) is 10.8. The van der Waals surface area contributed by atoms with Crippen LogP contribution in [0.2, 0.25) is 0 Å². The standard InChI is InChI=1S/C61H49N/c1-59(2)55-28-16-13-25-51(55)54-40-39-48(41-58(54)60(59,3)4)62(46-35-31-43(32-36-46)50-24-12-11-23-49(50)42-19-7-5-8-20-42)47-37-33-45(34-38-47)61(44-21-9-6-10-22-44)56-29-17-14-26-52(56)53-27-15-18-30-57(53)61/h5-41H,1-4H3. The van der Waals surface area contributed by atoms with Gasteiger partial charge in [-0.25, -0.2) is 0 Å². The number of benzene rings is 9. The van der Waals surface area contributed by atoms with Crippen LogP contribution in [0.15, 0.2) is 224 Å². The first kappa shape index (κ1) is 37.8. The molecule has 0 unspecified atom stereocenters. The largest absolute Gasteiger partial charge is 0.310 e. The minimum absolute atomic E-state index is 0.0743. The molecule has 62 heavy (non-hydrogen) atoms. The third kappa shape index (κ3) is 5.61. The Bertz CT molecular complexity index is 3050. The van der Waals surface area contributed by atoms with Gasteiger partial charge in [-0.3, -0.25) is 0 Å². The van der Waals surface area contributed by atoms with Gasteiger partial charge in [0.1, 0.15) is 0 Å². The summed E-state index contributed by atoms with van der Waals surface area (Å²) in [6, 6.07) is 83.2. The van der Waals surface area contributed by atoms with Gasteiger partial charge in [-0.05, 0) is 125 Å². The fraction of sp³-hybridized carbons (Fsp3) is 0.115. The molecule has 0 atom stereocenters. The van der Waals surface area contributed by atoms with E-state index in [-0.39, 0.29) is 10.8 Å². The molecule has 0 spiro atoms. The minimum Gasteiger partial charge on any atom is -0.310 e. The topological polar surface area (TPSA) is 3.24 Å². The smallest absolute Gasteiger partial charge is 0.0713 e. The zero-order valence-corrected chi connectivity index (χ0v) is 35.8. The second-order valence-corrected chi connectivity index (χ2v) is 18.1. The lowest BCUT2D eigenvalue weighted by atomic mass is 9.55. The zero-order valence-electron chi connectivity index (χ0n) is 35.8. The van der Waals surface area contributed by atoms with Gasteiger partial charge < -0.3 is 4.90 Å². The third-order valence-corrected chi connectivity index (χ3v) is 14.6. The molecule has 0 bridgehead atoms. The van der Waals surface area contributed by atoms with Crippen molar-refractivity contribution in [3.63, 3.8) is 0 Å². The quantitative estimate of drug-likeness (QED) is 0.155. The van der Waals surface area contributed by atoms with E-state index in [4.69, 9.17) is 0 Å². The molecular weight excluding hydrogens is 747 g/mol. The van der Waals surface area contributed by atoms with Crippen LogP contribution in [-0.4, -0.2) is 0 Å². The zero-order chi connectivity index (χ0) is 42.1. The molecule has 0 aromatic heterocycles. The lowest BCUT2D eigenvalue weighted by molar-refractivity contribution is 0.299. The molecule has 0 saturated carbocycles. The second-order valence-electron chi connectivity index (χ2n) is 18.1. The van der Waals surface area contributed by atoms with Gasteiger partial charge in [-0.1, -0.05) is 216 Å². The van der Waals surface area contributed by atoms with Crippen LogP contribution in [-0.2, 0) is 16.2 Å². The number of nitrogens with zero attached hydrogens (tertiary/aromatic N) is 1. The van der Waals surface area contributed by atoms with Crippen LogP contribution in [0.4, 0.5) is 17.1 Å². The molecule has 2 aliphatic carbocycles. The summed E-state index contributed by atoms with van der Waals surface area (Å²) < 4.78 is 0. The van der Waals surface area contributed by atoms with Crippen molar-refractivity contribution in [3.8, 4) is 44.5 Å². The molecule has 9 aromatic carbocycles. The Labute approximate surface area is 366 Å². The van der Waals surface area contributed by atoms with Crippen LogP contribution < -0.4 is 4.90 Å². The Kier molecular flexibility index (Phi) is 8.81. The number of hydrogen-bond donors (Lipinski definition) is 0. The SMILES string of the molecule is CC1(C)c2ccccc2-c2ccc(N(c3ccc(-c4ccccc4-c4ccccc4)cc3)c3ccc(C4(c5ccccc5)c5ccccc5-c5ccccc54)cc3)cc2C1(C)C. The molecule has 0 aliphatic heterocycles. The Balaban J connectivity index is 1.09. The lowest BCUT2D eigenvalue weighted by Crippen LogP contribution is -2.43. The highest BCUT2D eigenvalue weighted by Gasteiger charge is 2.47. The summed E-state index contributed by atoms with van der Waals surface area (Å²) >= 11 is 0. The van der Waals surface area contributed by atoms with Crippen molar-refractivity contribution in [1.29, 1.82) is 0 Å². The molecule has 0 N–H and O–H groups in total. The Morgan fingerprint density at radius 2 is 0.645 bits per heavy atom. The maximum absolute atomic E-state index is 2.47. The second kappa shape index (κ2) is 14.5. The third-order valence-electron chi connectivity index (χ3n) is 14.6. The van der Waals surface area contributed by atoms with E-state index in [0.717, 1.165) is 17.1 Å². The van der Waals surface area contributed by atoms with Crippen LogP contribution in [0.25, 0.3) is 44.5 Å². The normalized spacial score (nSPS) is 14.8. The molecule has 0 saturated heterocycles. The molecule has 1 heteroatoms. The summed E-state index contributed by atoms with van der Waals surface area (Å²) in [5.41, 5.74) is 20.8. The summed E-state index contributed by atoms with van der Waals surface area (Å²) in [6.07, 6.45) is 0. The van der Waals surface area contributed by atoms with Gasteiger partial charge in [0.05, 0.1) is 5.41 Å².